The molecule has 2 fully saturated rings. The highest BCUT2D eigenvalue weighted by molar-refractivity contribution is 5.77. The van der Waals surface area contributed by atoms with Crippen molar-refractivity contribution in [1.82, 2.24) is 5.32 Å². The van der Waals surface area contributed by atoms with Crippen LogP contribution in [0.4, 0.5) is 0 Å². The van der Waals surface area contributed by atoms with Gasteiger partial charge >= 0.3 is 0 Å². The molecule has 0 saturated heterocycles. The Bertz CT molecular complexity index is 418. The van der Waals surface area contributed by atoms with Crippen molar-refractivity contribution < 1.29 is 9.53 Å². The van der Waals surface area contributed by atoms with Gasteiger partial charge in [0.1, 0.15) is 5.75 Å². The number of para-hydroxylation sites is 1. The van der Waals surface area contributed by atoms with E-state index < -0.39 is 0 Å². The van der Waals surface area contributed by atoms with E-state index in [1.165, 1.54) is 25.7 Å². The SMILES string of the molecule is O=C(COc1ccccc1)NC1CC2CCC1C2. The highest BCUT2D eigenvalue weighted by atomic mass is 16.5. The molecule has 0 aliphatic heterocycles. The van der Waals surface area contributed by atoms with Gasteiger partial charge < -0.3 is 10.1 Å². The number of rotatable bonds is 4. The minimum absolute atomic E-state index is 0.0106. The highest BCUT2D eigenvalue weighted by Gasteiger charge is 2.39. The Morgan fingerprint density at radius 3 is 2.72 bits per heavy atom. The minimum Gasteiger partial charge on any atom is -0.484 e. The quantitative estimate of drug-likeness (QED) is 0.884. The van der Waals surface area contributed by atoms with Gasteiger partial charge in [0.2, 0.25) is 0 Å². The average Bonchev–Trinajstić information content (AvgIpc) is 3.00. The number of carbonyl (C=O) groups excluding carboxylic acids is 1. The second kappa shape index (κ2) is 5.01. The van der Waals surface area contributed by atoms with Crippen molar-refractivity contribution in [1.29, 1.82) is 0 Å². The summed E-state index contributed by atoms with van der Waals surface area (Å²) >= 11 is 0. The van der Waals surface area contributed by atoms with Crippen molar-refractivity contribution in [2.45, 2.75) is 31.7 Å². The predicted molar refractivity (Wildman–Crippen MR) is 69.3 cm³/mol. The molecule has 1 aromatic carbocycles. The standard InChI is InChI=1S/C15H19NO2/c17-15(10-18-13-4-2-1-3-5-13)16-14-9-11-6-7-12(14)8-11/h1-5,11-12,14H,6-10H2,(H,16,17). The Hall–Kier alpha value is -1.51. The smallest absolute Gasteiger partial charge is 0.258 e. The molecule has 0 heterocycles. The first-order chi connectivity index (χ1) is 8.81. The van der Waals surface area contributed by atoms with E-state index in [0.29, 0.717) is 6.04 Å². The molecule has 18 heavy (non-hydrogen) atoms. The van der Waals surface area contributed by atoms with Crippen LogP contribution in [-0.4, -0.2) is 18.6 Å². The number of nitrogens with one attached hydrogen (secondary N) is 1. The lowest BCUT2D eigenvalue weighted by molar-refractivity contribution is -0.124. The molecule has 1 aromatic rings. The number of fused-ring (bicyclic) bond motifs is 2. The minimum atomic E-state index is 0.0106. The van der Waals surface area contributed by atoms with Crippen LogP contribution in [0.3, 0.4) is 0 Å². The van der Waals surface area contributed by atoms with Crippen molar-refractivity contribution in [3.63, 3.8) is 0 Å². The molecular formula is C15H19NO2. The van der Waals surface area contributed by atoms with E-state index in [9.17, 15) is 4.79 Å². The van der Waals surface area contributed by atoms with Gasteiger partial charge in [-0.05, 0) is 43.2 Å². The third-order valence-corrected chi connectivity index (χ3v) is 4.20. The Kier molecular flexibility index (Phi) is 3.22. The van der Waals surface area contributed by atoms with Crippen molar-refractivity contribution in [2.75, 3.05) is 6.61 Å². The summed E-state index contributed by atoms with van der Waals surface area (Å²) in [5.41, 5.74) is 0. The highest BCUT2D eigenvalue weighted by Crippen LogP contribution is 2.44. The molecule has 3 heteroatoms. The third kappa shape index (κ3) is 2.50. The fraction of sp³-hybridized carbons (Fsp3) is 0.533. The molecule has 2 saturated carbocycles. The number of amides is 1. The molecule has 0 radical (unpaired) electrons. The van der Waals surface area contributed by atoms with Crippen LogP contribution in [0, 0.1) is 11.8 Å². The monoisotopic (exact) mass is 245 g/mol. The first-order valence-electron chi connectivity index (χ1n) is 6.78. The summed E-state index contributed by atoms with van der Waals surface area (Å²) in [6, 6.07) is 9.88. The van der Waals surface area contributed by atoms with Crippen LogP contribution in [0.25, 0.3) is 0 Å². The van der Waals surface area contributed by atoms with E-state index in [2.05, 4.69) is 5.32 Å². The molecule has 3 atom stereocenters. The molecular weight excluding hydrogens is 226 g/mol. The normalized spacial score (nSPS) is 29.2. The second-order valence-corrected chi connectivity index (χ2v) is 5.45. The molecule has 2 bridgehead atoms. The maximum absolute atomic E-state index is 11.8. The number of hydrogen-bond acceptors (Lipinski definition) is 2. The fourth-order valence-electron chi connectivity index (χ4n) is 3.34. The van der Waals surface area contributed by atoms with Crippen molar-refractivity contribution >= 4 is 5.91 Å². The molecule has 3 nitrogen and oxygen atoms in total. The topological polar surface area (TPSA) is 38.3 Å². The van der Waals surface area contributed by atoms with E-state index in [4.69, 9.17) is 4.74 Å². The molecule has 2 aliphatic rings. The van der Waals surface area contributed by atoms with Crippen molar-refractivity contribution in [3.8, 4) is 5.75 Å². The summed E-state index contributed by atoms with van der Waals surface area (Å²) in [6.07, 6.45) is 5.12. The molecule has 3 rings (SSSR count). The molecule has 3 unspecified atom stereocenters. The van der Waals surface area contributed by atoms with Gasteiger partial charge in [-0.1, -0.05) is 24.6 Å². The summed E-state index contributed by atoms with van der Waals surface area (Å²) in [6.45, 7) is 0.123. The van der Waals surface area contributed by atoms with Crippen LogP contribution in [0.1, 0.15) is 25.7 Å². The number of benzene rings is 1. The van der Waals surface area contributed by atoms with Gasteiger partial charge in [-0.15, -0.1) is 0 Å². The van der Waals surface area contributed by atoms with Crippen LogP contribution in [0.15, 0.2) is 30.3 Å². The summed E-state index contributed by atoms with van der Waals surface area (Å²) in [7, 11) is 0. The van der Waals surface area contributed by atoms with Gasteiger partial charge in [-0.2, -0.15) is 0 Å². The third-order valence-electron chi connectivity index (χ3n) is 4.20. The summed E-state index contributed by atoms with van der Waals surface area (Å²) in [5.74, 6) is 2.34. The van der Waals surface area contributed by atoms with E-state index in [0.717, 1.165) is 17.6 Å². The Morgan fingerprint density at radius 2 is 2.06 bits per heavy atom. The lowest BCUT2D eigenvalue weighted by Gasteiger charge is -2.22. The molecule has 0 aromatic heterocycles. The van der Waals surface area contributed by atoms with Crippen LogP contribution in [-0.2, 0) is 4.79 Å². The van der Waals surface area contributed by atoms with Crippen molar-refractivity contribution in [2.24, 2.45) is 11.8 Å². The van der Waals surface area contributed by atoms with Gasteiger partial charge in [-0.25, -0.2) is 0 Å². The van der Waals surface area contributed by atoms with E-state index in [1.807, 2.05) is 30.3 Å². The summed E-state index contributed by atoms with van der Waals surface area (Å²) < 4.78 is 5.45. The Labute approximate surface area is 108 Å². The lowest BCUT2D eigenvalue weighted by atomic mass is 9.95. The molecule has 2 aliphatic carbocycles. The Morgan fingerprint density at radius 1 is 1.22 bits per heavy atom. The maximum Gasteiger partial charge on any atom is 0.258 e. The van der Waals surface area contributed by atoms with E-state index in [-0.39, 0.29) is 12.5 Å². The number of carbonyl (C=O) groups is 1. The lowest BCUT2D eigenvalue weighted by Crippen LogP contribution is -2.40. The van der Waals surface area contributed by atoms with Gasteiger partial charge in [0.15, 0.2) is 6.61 Å². The van der Waals surface area contributed by atoms with Gasteiger partial charge in [0, 0.05) is 6.04 Å². The molecule has 0 spiro atoms. The second-order valence-electron chi connectivity index (χ2n) is 5.45. The van der Waals surface area contributed by atoms with Crippen LogP contribution < -0.4 is 10.1 Å². The van der Waals surface area contributed by atoms with Gasteiger partial charge in [-0.3, -0.25) is 4.79 Å². The zero-order chi connectivity index (χ0) is 12.4. The van der Waals surface area contributed by atoms with Gasteiger partial charge in [0.25, 0.3) is 5.91 Å². The van der Waals surface area contributed by atoms with E-state index >= 15 is 0 Å². The first kappa shape index (κ1) is 11.6. The van der Waals surface area contributed by atoms with Crippen LogP contribution in [0.2, 0.25) is 0 Å². The van der Waals surface area contributed by atoms with Gasteiger partial charge in [0.05, 0.1) is 0 Å². The van der Waals surface area contributed by atoms with Crippen LogP contribution in [0.5, 0.6) is 5.75 Å². The first-order valence-corrected chi connectivity index (χ1v) is 6.78. The van der Waals surface area contributed by atoms with Crippen LogP contribution >= 0.6 is 0 Å². The fourth-order valence-corrected chi connectivity index (χ4v) is 3.34. The van der Waals surface area contributed by atoms with E-state index in [1.54, 1.807) is 0 Å². The summed E-state index contributed by atoms with van der Waals surface area (Å²) in [5, 5.41) is 3.12. The molecule has 96 valence electrons. The van der Waals surface area contributed by atoms with Crippen molar-refractivity contribution in [3.05, 3.63) is 30.3 Å². The number of hydrogen-bond donors (Lipinski definition) is 1. The maximum atomic E-state index is 11.8. The zero-order valence-electron chi connectivity index (χ0n) is 10.5. The Balaban J connectivity index is 1.45. The molecule has 1 N–H and O–H groups in total. The predicted octanol–water partition coefficient (Wildman–Crippen LogP) is 2.37. The zero-order valence-corrected chi connectivity index (χ0v) is 10.5. The average molecular weight is 245 g/mol. The number of ether oxygens (including phenoxy) is 1. The molecule has 1 amide bonds. The largest absolute Gasteiger partial charge is 0.484 e. The summed E-state index contributed by atoms with van der Waals surface area (Å²) in [4.78, 5) is 11.8.